The van der Waals surface area contributed by atoms with Crippen molar-refractivity contribution in [2.24, 2.45) is 0 Å². The number of carbonyl (C=O) groups excluding carboxylic acids is 1. The Morgan fingerprint density at radius 3 is 2.42 bits per heavy atom. The Bertz CT molecular complexity index is 944. The van der Waals surface area contributed by atoms with Gasteiger partial charge in [-0.15, -0.1) is 11.8 Å². The van der Waals surface area contributed by atoms with Crippen LogP contribution in [-0.2, 0) is 14.8 Å². The molecule has 0 radical (unpaired) electrons. The van der Waals surface area contributed by atoms with Crippen LogP contribution in [0, 0.1) is 0 Å². The van der Waals surface area contributed by atoms with Crippen LogP contribution in [0.4, 0.5) is 0 Å². The predicted octanol–water partition coefficient (Wildman–Crippen LogP) is 4.19. The minimum Gasteiger partial charge on any atom is -0.492 e. The maximum atomic E-state index is 12.5. The number of benzene rings is 2. The molecule has 0 spiro atoms. The minimum absolute atomic E-state index is 0.00707. The Morgan fingerprint density at radius 2 is 1.74 bits per heavy atom. The van der Waals surface area contributed by atoms with E-state index in [1.165, 1.54) is 4.31 Å². The quantitative estimate of drug-likeness (QED) is 0.384. The number of nitrogens with zero attached hydrogens (tertiary/aromatic N) is 1. The first-order valence-corrected chi connectivity index (χ1v) is 13.1. The fourth-order valence-corrected chi connectivity index (χ4v) is 5.68. The molecule has 6 nitrogen and oxygen atoms in total. The molecule has 168 valence electrons. The maximum absolute atomic E-state index is 12.5. The number of hydrogen-bond acceptors (Lipinski definition) is 5. The van der Waals surface area contributed by atoms with Gasteiger partial charge >= 0.3 is 0 Å². The van der Waals surface area contributed by atoms with E-state index in [2.05, 4.69) is 5.32 Å². The second kappa shape index (κ2) is 11.8. The molecule has 1 N–H and O–H groups in total. The fraction of sp³-hybridized carbons (Fsp3) is 0.409. The molecule has 0 unspecified atom stereocenters. The van der Waals surface area contributed by atoms with Crippen LogP contribution in [0.15, 0.2) is 58.3 Å². The first kappa shape index (κ1) is 23.9. The molecule has 0 aromatic heterocycles. The van der Waals surface area contributed by atoms with Gasteiger partial charge in [0.05, 0.1) is 11.4 Å². The monoisotopic (exact) mass is 482 g/mol. The van der Waals surface area contributed by atoms with E-state index < -0.39 is 10.0 Å². The fourth-order valence-electron chi connectivity index (χ4n) is 3.19. The van der Waals surface area contributed by atoms with Crippen LogP contribution in [-0.4, -0.2) is 50.6 Å². The molecule has 1 saturated heterocycles. The number of thioether (sulfide) groups is 1. The summed E-state index contributed by atoms with van der Waals surface area (Å²) in [5, 5.41) is 3.56. The first-order chi connectivity index (χ1) is 14.9. The van der Waals surface area contributed by atoms with E-state index in [1.54, 1.807) is 36.0 Å². The Morgan fingerprint density at radius 1 is 1.06 bits per heavy atom. The van der Waals surface area contributed by atoms with E-state index in [0.717, 1.165) is 29.9 Å². The number of ether oxygens (including phenoxy) is 1. The molecular formula is C22H27ClN2O4S2. The van der Waals surface area contributed by atoms with Crippen LogP contribution < -0.4 is 10.1 Å². The zero-order valence-electron chi connectivity index (χ0n) is 17.3. The summed E-state index contributed by atoms with van der Waals surface area (Å²) in [6.45, 7) is 1.89. The van der Waals surface area contributed by atoms with Crippen LogP contribution in [0.5, 0.6) is 5.75 Å². The third kappa shape index (κ3) is 7.42. The van der Waals surface area contributed by atoms with Crippen molar-refractivity contribution >= 4 is 39.3 Å². The number of nitrogens with one attached hydrogen (secondary N) is 1. The van der Waals surface area contributed by atoms with Gasteiger partial charge in [0.25, 0.3) is 0 Å². The third-order valence-electron chi connectivity index (χ3n) is 4.85. The lowest BCUT2D eigenvalue weighted by Gasteiger charge is -2.15. The van der Waals surface area contributed by atoms with E-state index in [-0.39, 0.29) is 10.8 Å². The molecule has 9 heteroatoms. The van der Waals surface area contributed by atoms with Crippen LogP contribution in [0.3, 0.4) is 0 Å². The highest BCUT2D eigenvalue weighted by Gasteiger charge is 2.26. The van der Waals surface area contributed by atoms with Crippen molar-refractivity contribution in [1.82, 2.24) is 9.62 Å². The van der Waals surface area contributed by atoms with Gasteiger partial charge in [0.1, 0.15) is 12.4 Å². The lowest BCUT2D eigenvalue weighted by atomic mass is 10.3. The molecule has 3 rings (SSSR count). The van der Waals surface area contributed by atoms with Gasteiger partial charge in [0.15, 0.2) is 0 Å². The predicted molar refractivity (Wildman–Crippen MR) is 124 cm³/mol. The summed E-state index contributed by atoms with van der Waals surface area (Å²) < 4.78 is 32.2. The van der Waals surface area contributed by atoms with E-state index in [9.17, 15) is 13.2 Å². The van der Waals surface area contributed by atoms with E-state index in [1.807, 2.05) is 24.3 Å². The number of sulfonamides is 1. The number of halogens is 1. The molecular weight excluding hydrogens is 456 g/mol. The largest absolute Gasteiger partial charge is 0.492 e. The highest BCUT2D eigenvalue weighted by atomic mass is 35.5. The number of rotatable bonds is 11. The average molecular weight is 483 g/mol. The highest BCUT2D eigenvalue weighted by molar-refractivity contribution is 7.99. The molecule has 31 heavy (non-hydrogen) atoms. The van der Waals surface area contributed by atoms with E-state index in [4.69, 9.17) is 16.3 Å². The van der Waals surface area contributed by atoms with Crippen molar-refractivity contribution in [2.45, 2.75) is 35.5 Å². The van der Waals surface area contributed by atoms with Crippen molar-refractivity contribution in [2.75, 3.05) is 32.0 Å². The standard InChI is InChI=1S/C22H27ClN2O4S2/c23-18-5-9-20(10-6-18)30-17-3-4-22(26)24-13-16-29-19-7-11-21(12-8-19)31(27,28)25-14-1-2-15-25/h5-12H,1-4,13-17H2,(H,24,26). The average Bonchev–Trinajstić information content (AvgIpc) is 3.32. The van der Waals surface area contributed by atoms with Crippen LogP contribution in [0.1, 0.15) is 25.7 Å². The highest BCUT2D eigenvalue weighted by Crippen LogP contribution is 2.23. The summed E-state index contributed by atoms with van der Waals surface area (Å²) in [6, 6.07) is 14.1. The summed E-state index contributed by atoms with van der Waals surface area (Å²) in [5.74, 6) is 1.43. The normalized spacial score (nSPS) is 14.5. The molecule has 1 aliphatic heterocycles. The molecule has 1 aliphatic rings. The van der Waals surface area contributed by atoms with E-state index in [0.29, 0.717) is 43.4 Å². The summed E-state index contributed by atoms with van der Waals surface area (Å²) in [5.41, 5.74) is 0. The smallest absolute Gasteiger partial charge is 0.243 e. The summed E-state index contributed by atoms with van der Waals surface area (Å²) in [4.78, 5) is 13.3. The zero-order chi connectivity index (χ0) is 22.1. The number of hydrogen-bond donors (Lipinski definition) is 1. The Kier molecular flexibility index (Phi) is 9.07. The third-order valence-corrected chi connectivity index (χ3v) is 8.11. The second-order valence-electron chi connectivity index (χ2n) is 7.19. The van der Waals surface area contributed by atoms with E-state index >= 15 is 0 Å². The Hall–Kier alpha value is -1.74. The van der Waals surface area contributed by atoms with Gasteiger partial charge in [0, 0.05) is 29.4 Å². The van der Waals surface area contributed by atoms with Crippen molar-refractivity contribution in [1.29, 1.82) is 0 Å². The molecule has 1 heterocycles. The van der Waals surface area contributed by atoms with Crippen LogP contribution in [0.2, 0.25) is 5.02 Å². The molecule has 0 saturated carbocycles. The van der Waals surface area contributed by atoms with Crippen molar-refractivity contribution in [3.63, 3.8) is 0 Å². The molecule has 0 bridgehead atoms. The van der Waals surface area contributed by atoms with Crippen LogP contribution in [0.25, 0.3) is 0 Å². The van der Waals surface area contributed by atoms with Gasteiger partial charge in [-0.05, 0) is 73.5 Å². The Labute approximate surface area is 193 Å². The van der Waals surface area contributed by atoms with Crippen LogP contribution >= 0.6 is 23.4 Å². The van der Waals surface area contributed by atoms with Crippen molar-refractivity contribution < 1.29 is 17.9 Å². The molecule has 1 amide bonds. The topological polar surface area (TPSA) is 75.7 Å². The van der Waals surface area contributed by atoms with Gasteiger partial charge in [-0.25, -0.2) is 8.42 Å². The lowest BCUT2D eigenvalue weighted by Crippen LogP contribution is -2.28. The maximum Gasteiger partial charge on any atom is 0.243 e. The summed E-state index contributed by atoms with van der Waals surface area (Å²) >= 11 is 7.56. The molecule has 0 atom stereocenters. The molecule has 1 fully saturated rings. The molecule has 0 aliphatic carbocycles. The number of carbonyl (C=O) groups is 1. The first-order valence-electron chi connectivity index (χ1n) is 10.3. The van der Waals surface area contributed by atoms with Gasteiger partial charge in [-0.1, -0.05) is 11.6 Å². The molecule has 2 aromatic carbocycles. The second-order valence-corrected chi connectivity index (χ2v) is 10.7. The number of amides is 1. The lowest BCUT2D eigenvalue weighted by molar-refractivity contribution is -0.121. The molecule has 2 aromatic rings. The van der Waals surface area contributed by atoms with Crippen molar-refractivity contribution in [3.05, 3.63) is 53.6 Å². The summed E-state index contributed by atoms with van der Waals surface area (Å²) in [6.07, 6.45) is 3.07. The minimum atomic E-state index is -3.41. The SMILES string of the molecule is O=C(CCCSc1ccc(Cl)cc1)NCCOc1ccc(S(=O)(=O)N2CCCC2)cc1. The van der Waals surface area contributed by atoms with Gasteiger partial charge < -0.3 is 10.1 Å². The van der Waals surface area contributed by atoms with Gasteiger partial charge in [0.2, 0.25) is 15.9 Å². The summed E-state index contributed by atoms with van der Waals surface area (Å²) in [7, 11) is -3.41. The Balaban J connectivity index is 1.30. The zero-order valence-corrected chi connectivity index (χ0v) is 19.6. The van der Waals surface area contributed by atoms with Gasteiger partial charge in [-0.2, -0.15) is 4.31 Å². The van der Waals surface area contributed by atoms with Gasteiger partial charge in [-0.3, -0.25) is 4.79 Å². The van der Waals surface area contributed by atoms with Crippen molar-refractivity contribution in [3.8, 4) is 5.75 Å².